The second-order valence-corrected chi connectivity index (χ2v) is 1.44. The van der Waals surface area contributed by atoms with E-state index in [1.807, 2.05) is 6.92 Å². The SMILES string of the molecule is CCCC#CC(O)O.O. The van der Waals surface area contributed by atoms with Crippen molar-refractivity contribution in [3.8, 4) is 11.8 Å². The Kier molecular flexibility index (Phi) is 9.31. The zero-order chi connectivity index (χ0) is 6.41. The van der Waals surface area contributed by atoms with Crippen LogP contribution in [-0.4, -0.2) is 22.0 Å². The van der Waals surface area contributed by atoms with E-state index in [-0.39, 0.29) is 5.48 Å². The quantitative estimate of drug-likeness (QED) is 0.365. The van der Waals surface area contributed by atoms with Gasteiger partial charge in [0, 0.05) is 6.42 Å². The lowest BCUT2D eigenvalue weighted by atomic mass is 10.3. The average molecular weight is 132 g/mol. The first-order valence-corrected chi connectivity index (χ1v) is 2.62. The Balaban J connectivity index is 0. The van der Waals surface area contributed by atoms with Crippen molar-refractivity contribution in [1.82, 2.24) is 0 Å². The lowest BCUT2D eigenvalue weighted by Gasteiger charge is -1.85. The van der Waals surface area contributed by atoms with Gasteiger partial charge in [0.2, 0.25) is 6.29 Å². The minimum Gasteiger partial charge on any atom is -0.412 e. The van der Waals surface area contributed by atoms with E-state index in [2.05, 4.69) is 11.8 Å². The van der Waals surface area contributed by atoms with Crippen molar-refractivity contribution in [2.24, 2.45) is 0 Å². The van der Waals surface area contributed by atoms with Gasteiger partial charge < -0.3 is 15.7 Å². The first-order valence-electron chi connectivity index (χ1n) is 2.62. The summed E-state index contributed by atoms with van der Waals surface area (Å²) in [5, 5.41) is 16.3. The Hall–Kier alpha value is -0.560. The summed E-state index contributed by atoms with van der Waals surface area (Å²) in [6.45, 7) is 1.98. The highest BCUT2D eigenvalue weighted by atomic mass is 16.5. The highest BCUT2D eigenvalue weighted by molar-refractivity contribution is 5.00. The highest BCUT2D eigenvalue weighted by Gasteiger charge is 1.81. The zero-order valence-corrected chi connectivity index (χ0v) is 5.39. The Bertz CT molecular complexity index is 98.6. The highest BCUT2D eigenvalue weighted by Crippen LogP contribution is 1.81. The Morgan fingerprint density at radius 3 is 2.33 bits per heavy atom. The number of aliphatic hydroxyl groups is 2. The fraction of sp³-hybridized carbons (Fsp3) is 0.667. The van der Waals surface area contributed by atoms with Crippen LogP contribution in [0.1, 0.15) is 19.8 Å². The van der Waals surface area contributed by atoms with Crippen molar-refractivity contribution in [3.63, 3.8) is 0 Å². The van der Waals surface area contributed by atoms with E-state index in [4.69, 9.17) is 10.2 Å². The van der Waals surface area contributed by atoms with E-state index in [0.29, 0.717) is 0 Å². The summed E-state index contributed by atoms with van der Waals surface area (Å²) in [7, 11) is 0. The predicted octanol–water partition coefficient (Wildman–Crippen LogP) is -0.724. The van der Waals surface area contributed by atoms with Crippen LogP contribution in [0.5, 0.6) is 0 Å². The minimum absolute atomic E-state index is 0. The molecule has 0 aliphatic carbocycles. The van der Waals surface area contributed by atoms with Gasteiger partial charge in [-0.05, 0) is 12.3 Å². The van der Waals surface area contributed by atoms with Gasteiger partial charge in [0.15, 0.2) is 0 Å². The van der Waals surface area contributed by atoms with Crippen LogP contribution in [0.25, 0.3) is 0 Å². The molecule has 0 atom stereocenters. The Labute approximate surface area is 54.6 Å². The van der Waals surface area contributed by atoms with Crippen LogP contribution in [0, 0.1) is 11.8 Å². The van der Waals surface area contributed by atoms with Crippen molar-refractivity contribution in [3.05, 3.63) is 0 Å². The Morgan fingerprint density at radius 2 is 2.00 bits per heavy atom. The molecule has 9 heavy (non-hydrogen) atoms. The molecule has 0 saturated carbocycles. The number of rotatable bonds is 1. The lowest BCUT2D eigenvalue weighted by Crippen LogP contribution is -1.97. The van der Waals surface area contributed by atoms with Crippen molar-refractivity contribution < 1.29 is 15.7 Å². The van der Waals surface area contributed by atoms with Gasteiger partial charge >= 0.3 is 0 Å². The normalized spacial score (nSPS) is 7.56. The first kappa shape index (κ1) is 11.3. The molecule has 0 aromatic rings. The Morgan fingerprint density at radius 1 is 1.44 bits per heavy atom. The maximum absolute atomic E-state index is 8.16. The molecule has 3 nitrogen and oxygen atoms in total. The molecule has 0 rings (SSSR count). The van der Waals surface area contributed by atoms with Crippen LogP contribution in [0.3, 0.4) is 0 Å². The second-order valence-electron chi connectivity index (χ2n) is 1.44. The molecule has 0 heterocycles. The van der Waals surface area contributed by atoms with Crippen LogP contribution in [-0.2, 0) is 0 Å². The van der Waals surface area contributed by atoms with Gasteiger partial charge in [0.05, 0.1) is 0 Å². The fourth-order valence-corrected chi connectivity index (χ4v) is 0.288. The number of aliphatic hydroxyl groups excluding tert-OH is 1. The van der Waals surface area contributed by atoms with E-state index < -0.39 is 6.29 Å². The monoisotopic (exact) mass is 132 g/mol. The molecule has 0 aliphatic heterocycles. The molecule has 0 amide bonds. The molecule has 0 radical (unpaired) electrons. The summed E-state index contributed by atoms with van der Waals surface area (Å²) in [4.78, 5) is 0. The smallest absolute Gasteiger partial charge is 0.217 e. The first-order chi connectivity index (χ1) is 3.77. The molecule has 4 N–H and O–H groups in total. The standard InChI is InChI=1S/C6H10O2.H2O/c1-2-3-4-5-6(7)8;/h6-8H,2-3H2,1H3;1H2. The van der Waals surface area contributed by atoms with Crippen LogP contribution in [0.2, 0.25) is 0 Å². The van der Waals surface area contributed by atoms with E-state index >= 15 is 0 Å². The van der Waals surface area contributed by atoms with Gasteiger partial charge in [0.1, 0.15) is 0 Å². The third-order valence-electron chi connectivity index (χ3n) is 0.606. The van der Waals surface area contributed by atoms with E-state index in [0.717, 1.165) is 12.8 Å². The van der Waals surface area contributed by atoms with Crippen molar-refractivity contribution in [2.45, 2.75) is 26.1 Å². The molecule has 0 saturated heterocycles. The van der Waals surface area contributed by atoms with Gasteiger partial charge in [-0.25, -0.2) is 0 Å². The summed E-state index contributed by atoms with van der Waals surface area (Å²) in [6.07, 6.45) is 0.235. The van der Waals surface area contributed by atoms with Crippen molar-refractivity contribution in [1.29, 1.82) is 0 Å². The van der Waals surface area contributed by atoms with E-state index in [9.17, 15) is 0 Å². The van der Waals surface area contributed by atoms with Gasteiger partial charge in [-0.2, -0.15) is 0 Å². The van der Waals surface area contributed by atoms with Crippen LogP contribution in [0.4, 0.5) is 0 Å². The summed E-state index contributed by atoms with van der Waals surface area (Å²) < 4.78 is 0. The third kappa shape index (κ3) is 11.2. The summed E-state index contributed by atoms with van der Waals surface area (Å²) >= 11 is 0. The number of hydrogen-bond acceptors (Lipinski definition) is 2. The maximum Gasteiger partial charge on any atom is 0.217 e. The molecule has 3 heteroatoms. The van der Waals surface area contributed by atoms with Gasteiger partial charge in [-0.15, -0.1) is 0 Å². The molecular formula is C6H12O3. The number of unbranched alkanes of at least 4 members (excludes halogenated alkanes) is 1. The fourth-order valence-electron chi connectivity index (χ4n) is 0.288. The summed E-state index contributed by atoms with van der Waals surface area (Å²) in [6, 6.07) is 0. The van der Waals surface area contributed by atoms with E-state index in [1.165, 1.54) is 0 Å². The lowest BCUT2D eigenvalue weighted by molar-refractivity contribution is 0.0107. The molecule has 0 aromatic heterocycles. The summed E-state index contributed by atoms with van der Waals surface area (Å²) in [5.74, 6) is 4.79. The van der Waals surface area contributed by atoms with Gasteiger partial charge in [-0.1, -0.05) is 12.8 Å². The largest absolute Gasteiger partial charge is 0.412 e. The minimum atomic E-state index is -1.46. The van der Waals surface area contributed by atoms with Crippen molar-refractivity contribution in [2.75, 3.05) is 0 Å². The molecule has 0 fully saturated rings. The molecular weight excluding hydrogens is 120 g/mol. The zero-order valence-electron chi connectivity index (χ0n) is 5.39. The molecule has 0 bridgehead atoms. The van der Waals surface area contributed by atoms with E-state index in [1.54, 1.807) is 0 Å². The van der Waals surface area contributed by atoms with Crippen LogP contribution >= 0.6 is 0 Å². The van der Waals surface area contributed by atoms with Gasteiger partial charge in [-0.3, -0.25) is 0 Å². The molecule has 0 unspecified atom stereocenters. The molecule has 0 spiro atoms. The van der Waals surface area contributed by atoms with Crippen LogP contribution in [0.15, 0.2) is 0 Å². The van der Waals surface area contributed by atoms with Gasteiger partial charge in [0.25, 0.3) is 0 Å². The summed E-state index contributed by atoms with van der Waals surface area (Å²) in [5.41, 5.74) is 0. The second kappa shape index (κ2) is 7.44. The molecule has 0 aromatic carbocycles. The topological polar surface area (TPSA) is 72.0 Å². The third-order valence-corrected chi connectivity index (χ3v) is 0.606. The van der Waals surface area contributed by atoms with Crippen molar-refractivity contribution >= 4 is 0 Å². The van der Waals surface area contributed by atoms with Crippen LogP contribution < -0.4 is 0 Å². The average Bonchev–Trinajstić information content (AvgIpc) is 1.66. The number of hydrogen-bond donors (Lipinski definition) is 2. The maximum atomic E-state index is 8.16. The predicted molar refractivity (Wildman–Crippen MR) is 34.5 cm³/mol. The molecule has 0 aliphatic rings. The molecule has 54 valence electrons.